The summed E-state index contributed by atoms with van der Waals surface area (Å²) < 4.78 is 0. The highest BCUT2D eigenvalue weighted by molar-refractivity contribution is 6.30. The molecule has 2 aromatic rings. The molecule has 5 heteroatoms. The largest absolute Gasteiger partial charge is 0.326 e. The molecule has 0 radical (unpaired) electrons. The maximum Gasteiger partial charge on any atom is 0.229 e. The van der Waals surface area contributed by atoms with E-state index in [4.69, 9.17) is 11.6 Å². The first kappa shape index (κ1) is 14.6. The smallest absolute Gasteiger partial charge is 0.229 e. The Kier molecular flexibility index (Phi) is 4.11. The first-order chi connectivity index (χ1) is 10.6. The van der Waals surface area contributed by atoms with Gasteiger partial charge in [0.1, 0.15) is 0 Å². The Morgan fingerprint density at radius 2 is 1.77 bits per heavy atom. The van der Waals surface area contributed by atoms with E-state index < -0.39 is 0 Å². The molecule has 0 aliphatic carbocycles. The molecule has 1 atom stereocenters. The molecule has 3 rings (SSSR count). The zero-order chi connectivity index (χ0) is 15.5. The highest BCUT2D eigenvalue weighted by atomic mass is 35.5. The van der Waals surface area contributed by atoms with E-state index in [1.54, 1.807) is 29.2 Å². The molecule has 1 N–H and O–H groups in total. The molecular formula is C17H15ClN2O2. The molecule has 0 bridgehead atoms. The Bertz CT molecular complexity index is 686. The second kappa shape index (κ2) is 6.20. The van der Waals surface area contributed by atoms with E-state index in [0.29, 0.717) is 11.6 Å². The number of benzene rings is 2. The number of anilines is 2. The van der Waals surface area contributed by atoms with Crippen LogP contribution in [0.2, 0.25) is 5.02 Å². The highest BCUT2D eigenvalue weighted by Gasteiger charge is 2.35. The zero-order valence-corrected chi connectivity index (χ0v) is 12.6. The number of rotatable bonds is 3. The zero-order valence-electron chi connectivity index (χ0n) is 11.8. The summed E-state index contributed by atoms with van der Waals surface area (Å²) in [4.78, 5) is 26.1. The van der Waals surface area contributed by atoms with E-state index in [1.807, 2.05) is 30.3 Å². The fourth-order valence-corrected chi connectivity index (χ4v) is 2.65. The van der Waals surface area contributed by atoms with E-state index in [-0.39, 0.29) is 24.2 Å². The number of amides is 2. The molecule has 1 aliphatic heterocycles. The van der Waals surface area contributed by atoms with Gasteiger partial charge in [-0.1, -0.05) is 29.8 Å². The van der Waals surface area contributed by atoms with Crippen molar-refractivity contribution in [2.24, 2.45) is 5.92 Å². The maximum absolute atomic E-state index is 12.3. The van der Waals surface area contributed by atoms with Crippen molar-refractivity contribution < 1.29 is 9.59 Å². The van der Waals surface area contributed by atoms with E-state index in [0.717, 1.165) is 11.4 Å². The lowest BCUT2D eigenvalue weighted by Crippen LogP contribution is -2.28. The summed E-state index contributed by atoms with van der Waals surface area (Å²) in [7, 11) is 0. The first-order valence-corrected chi connectivity index (χ1v) is 7.43. The average molecular weight is 315 g/mol. The van der Waals surface area contributed by atoms with Gasteiger partial charge in [0.2, 0.25) is 11.8 Å². The van der Waals surface area contributed by atoms with Crippen LogP contribution in [0.3, 0.4) is 0 Å². The van der Waals surface area contributed by atoms with Gasteiger partial charge in [-0.15, -0.1) is 0 Å². The maximum atomic E-state index is 12.3. The minimum absolute atomic E-state index is 0.0458. The van der Waals surface area contributed by atoms with Crippen LogP contribution < -0.4 is 10.2 Å². The van der Waals surface area contributed by atoms with Crippen molar-refractivity contribution in [3.63, 3.8) is 0 Å². The van der Waals surface area contributed by atoms with Crippen molar-refractivity contribution in [1.29, 1.82) is 0 Å². The number of hydrogen-bond donors (Lipinski definition) is 1. The van der Waals surface area contributed by atoms with E-state index in [1.165, 1.54) is 0 Å². The Morgan fingerprint density at radius 3 is 2.45 bits per heavy atom. The van der Waals surface area contributed by atoms with Gasteiger partial charge >= 0.3 is 0 Å². The Morgan fingerprint density at radius 1 is 1.09 bits per heavy atom. The number of halogens is 1. The third-order valence-electron chi connectivity index (χ3n) is 3.68. The van der Waals surface area contributed by atoms with Crippen molar-refractivity contribution in [3.05, 3.63) is 59.6 Å². The summed E-state index contributed by atoms with van der Waals surface area (Å²) >= 11 is 5.86. The first-order valence-electron chi connectivity index (χ1n) is 7.05. The molecular weight excluding hydrogens is 300 g/mol. The van der Waals surface area contributed by atoms with Crippen LogP contribution in [0, 0.1) is 5.92 Å². The topological polar surface area (TPSA) is 49.4 Å². The molecule has 0 saturated carbocycles. The summed E-state index contributed by atoms with van der Waals surface area (Å²) in [6, 6.07) is 16.3. The van der Waals surface area contributed by atoms with Crippen molar-refractivity contribution >= 4 is 34.8 Å². The van der Waals surface area contributed by atoms with Crippen molar-refractivity contribution in [2.45, 2.75) is 6.42 Å². The second-order valence-corrected chi connectivity index (χ2v) is 5.67. The lowest BCUT2D eigenvalue weighted by molar-refractivity contribution is -0.122. The predicted octanol–water partition coefficient (Wildman–Crippen LogP) is 3.33. The molecule has 2 aromatic carbocycles. The molecule has 1 fully saturated rings. The summed E-state index contributed by atoms with van der Waals surface area (Å²) in [6.45, 7) is 0.388. The molecule has 1 heterocycles. The third kappa shape index (κ3) is 3.12. The van der Waals surface area contributed by atoms with Gasteiger partial charge in [-0.2, -0.15) is 0 Å². The monoisotopic (exact) mass is 314 g/mol. The second-order valence-electron chi connectivity index (χ2n) is 5.24. The Hall–Kier alpha value is -2.33. The van der Waals surface area contributed by atoms with Gasteiger partial charge in [-0.25, -0.2) is 0 Å². The van der Waals surface area contributed by atoms with E-state index in [9.17, 15) is 9.59 Å². The highest BCUT2D eigenvalue weighted by Crippen LogP contribution is 2.27. The van der Waals surface area contributed by atoms with Crippen molar-refractivity contribution in [3.8, 4) is 0 Å². The van der Waals surface area contributed by atoms with Gasteiger partial charge in [0, 0.05) is 29.4 Å². The number of nitrogens with zero attached hydrogens (tertiary/aromatic N) is 1. The Labute approximate surface area is 133 Å². The van der Waals surface area contributed by atoms with Gasteiger partial charge in [0.05, 0.1) is 5.92 Å². The fraction of sp³-hybridized carbons (Fsp3) is 0.176. The van der Waals surface area contributed by atoms with Gasteiger partial charge in [0.15, 0.2) is 0 Å². The van der Waals surface area contributed by atoms with Crippen LogP contribution >= 0.6 is 11.6 Å². The van der Waals surface area contributed by atoms with Crippen LogP contribution in [-0.2, 0) is 9.59 Å². The number of carbonyl (C=O) groups excluding carboxylic acids is 2. The Balaban J connectivity index is 1.69. The van der Waals surface area contributed by atoms with E-state index >= 15 is 0 Å². The van der Waals surface area contributed by atoms with Crippen molar-refractivity contribution in [2.75, 3.05) is 16.8 Å². The van der Waals surface area contributed by atoms with Crippen LogP contribution in [0.25, 0.3) is 0 Å². The van der Waals surface area contributed by atoms with Gasteiger partial charge < -0.3 is 10.2 Å². The molecule has 1 saturated heterocycles. The number of hydrogen-bond acceptors (Lipinski definition) is 2. The van der Waals surface area contributed by atoms with Crippen molar-refractivity contribution in [1.82, 2.24) is 0 Å². The quantitative estimate of drug-likeness (QED) is 0.944. The van der Waals surface area contributed by atoms with Gasteiger partial charge in [0.25, 0.3) is 0 Å². The molecule has 1 aliphatic rings. The molecule has 1 unspecified atom stereocenters. The van der Waals surface area contributed by atoms with Crippen LogP contribution in [0.5, 0.6) is 0 Å². The average Bonchev–Trinajstić information content (AvgIpc) is 2.91. The molecule has 112 valence electrons. The molecule has 22 heavy (non-hydrogen) atoms. The van der Waals surface area contributed by atoms with Crippen LogP contribution in [-0.4, -0.2) is 18.4 Å². The van der Waals surface area contributed by atoms with Crippen LogP contribution in [0.15, 0.2) is 54.6 Å². The number of para-hydroxylation sites is 1. The molecule has 4 nitrogen and oxygen atoms in total. The van der Waals surface area contributed by atoms with Gasteiger partial charge in [-0.05, 0) is 36.4 Å². The third-order valence-corrected chi connectivity index (χ3v) is 3.93. The summed E-state index contributed by atoms with van der Waals surface area (Å²) in [5.41, 5.74) is 1.51. The number of carbonyl (C=O) groups is 2. The standard InChI is InChI=1S/C17H15ClN2O2/c18-13-6-8-15(9-7-13)20-11-12(10-16(20)21)17(22)19-14-4-2-1-3-5-14/h1-9,12H,10-11H2,(H,19,22). The predicted molar refractivity (Wildman–Crippen MR) is 87.0 cm³/mol. The van der Waals surface area contributed by atoms with Gasteiger partial charge in [-0.3, -0.25) is 9.59 Å². The lowest BCUT2D eigenvalue weighted by Gasteiger charge is -2.16. The summed E-state index contributed by atoms with van der Waals surface area (Å²) in [5, 5.41) is 3.47. The van der Waals surface area contributed by atoms with Crippen LogP contribution in [0.1, 0.15) is 6.42 Å². The van der Waals surface area contributed by atoms with E-state index in [2.05, 4.69) is 5.32 Å². The molecule has 0 aromatic heterocycles. The molecule has 0 spiro atoms. The molecule has 2 amide bonds. The fourth-order valence-electron chi connectivity index (χ4n) is 2.52. The normalized spacial score (nSPS) is 17.6. The number of nitrogens with one attached hydrogen (secondary N) is 1. The van der Waals surface area contributed by atoms with Crippen LogP contribution in [0.4, 0.5) is 11.4 Å². The summed E-state index contributed by atoms with van der Waals surface area (Å²) in [6.07, 6.45) is 0.224. The lowest BCUT2D eigenvalue weighted by atomic mass is 10.1. The minimum Gasteiger partial charge on any atom is -0.326 e. The minimum atomic E-state index is -0.344. The SMILES string of the molecule is O=C(Nc1ccccc1)C1CC(=O)N(c2ccc(Cl)cc2)C1. The summed E-state index contributed by atoms with van der Waals surface area (Å²) in [5.74, 6) is -0.519.